The molecule has 7 heteroatoms. The third-order valence-corrected chi connectivity index (χ3v) is 4.58. The number of likely N-dealkylation sites (tertiary alicyclic amines) is 1. The summed E-state index contributed by atoms with van der Waals surface area (Å²) in [7, 11) is 1.56. The van der Waals surface area contributed by atoms with Crippen LogP contribution in [0.5, 0.6) is 0 Å². The van der Waals surface area contributed by atoms with E-state index < -0.39 is 5.60 Å². The van der Waals surface area contributed by atoms with Crippen molar-refractivity contribution in [2.75, 3.05) is 39.8 Å². The molecule has 0 aromatic heterocycles. The Morgan fingerprint density at radius 1 is 1.14 bits per heavy atom. The molecule has 2 saturated heterocycles. The highest BCUT2D eigenvalue weighted by atomic mass is 16.5. The summed E-state index contributed by atoms with van der Waals surface area (Å²) in [6, 6.07) is 0. The number of amides is 3. The van der Waals surface area contributed by atoms with Crippen molar-refractivity contribution in [2.45, 2.75) is 32.3 Å². The normalized spacial score (nSPS) is 26.7. The number of hydrogen-bond acceptors (Lipinski definition) is 4. The molecule has 0 aromatic carbocycles. The minimum atomic E-state index is -0.983. The van der Waals surface area contributed by atoms with Gasteiger partial charge in [-0.1, -0.05) is 0 Å². The Hall–Kier alpha value is -1.63. The number of piperidine rings is 1. The van der Waals surface area contributed by atoms with E-state index in [-0.39, 0.29) is 30.2 Å². The van der Waals surface area contributed by atoms with Gasteiger partial charge in [0, 0.05) is 39.5 Å². The van der Waals surface area contributed by atoms with E-state index in [9.17, 15) is 14.4 Å². The van der Waals surface area contributed by atoms with Gasteiger partial charge in [-0.3, -0.25) is 14.4 Å². The molecule has 0 spiro atoms. The lowest BCUT2D eigenvalue weighted by Gasteiger charge is -2.41. The molecule has 0 bridgehead atoms. The highest BCUT2D eigenvalue weighted by molar-refractivity contribution is 5.86. The lowest BCUT2D eigenvalue weighted by atomic mass is 9.93. The molecule has 0 aliphatic carbocycles. The number of carbonyl (C=O) groups excluding carboxylic acids is 3. The maximum atomic E-state index is 12.7. The number of ether oxygens (including phenoxy) is 1. The van der Waals surface area contributed by atoms with Gasteiger partial charge >= 0.3 is 0 Å². The molecule has 2 heterocycles. The summed E-state index contributed by atoms with van der Waals surface area (Å²) in [5, 5.41) is 2.59. The molecule has 2 fully saturated rings. The average Bonchev–Trinajstić information content (AvgIpc) is 2.53. The van der Waals surface area contributed by atoms with Crippen molar-refractivity contribution in [3.05, 3.63) is 0 Å². The van der Waals surface area contributed by atoms with E-state index in [4.69, 9.17) is 4.74 Å². The number of carbonyl (C=O) groups is 3. The maximum absolute atomic E-state index is 12.7. The van der Waals surface area contributed by atoms with Gasteiger partial charge in [0.25, 0.3) is 5.91 Å². The highest BCUT2D eigenvalue weighted by Gasteiger charge is 2.41. The van der Waals surface area contributed by atoms with Crippen molar-refractivity contribution >= 4 is 17.7 Å². The van der Waals surface area contributed by atoms with Crippen LogP contribution < -0.4 is 5.32 Å². The second-order valence-electron chi connectivity index (χ2n) is 6.20. The molecular formula is C15H25N3O4. The lowest BCUT2D eigenvalue weighted by Crippen LogP contribution is -2.60. The summed E-state index contributed by atoms with van der Waals surface area (Å²) >= 11 is 0. The number of hydrogen-bond donors (Lipinski definition) is 1. The summed E-state index contributed by atoms with van der Waals surface area (Å²) in [4.78, 5) is 39.4. The Bertz CT molecular complexity index is 460. The van der Waals surface area contributed by atoms with E-state index in [0.29, 0.717) is 39.1 Å². The topological polar surface area (TPSA) is 79.0 Å². The van der Waals surface area contributed by atoms with Gasteiger partial charge in [-0.15, -0.1) is 0 Å². The molecule has 2 aliphatic heterocycles. The molecule has 124 valence electrons. The number of nitrogens with zero attached hydrogens (tertiary/aromatic N) is 2. The summed E-state index contributed by atoms with van der Waals surface area (Å²) in [5.74, 6) is -0.148. The summed E-state index contributed by atoms with van der Waals surface area (Å²) in [6.07, 6.45) is 1.37. The Labute approximate surface area is 131 Å². The molecular weight excluding hydrogens is 286 g/mol. The van der Waals surface area contributed by atoms with E-state index in [2.05, 4.69) is 5.32 Å². The first-order chi connectivity index (χ1) is 10.4. The minimum Gasteiger partial charge on any atom is -0.362 e. The molecule has 1 N–H and O–H groups in total. The Morgan fingerprint density at radius 2 is 1.77 bits per heavy atom. The number of likely N-dealkylation sites (N-methyl/N-ethyl adjacent to an activating group) is 1. The zero-order valence-corrected chi connectivity index (χ0v) is 13.6. The third-order valence-electron chi connectivity index (χ3n) is 4.58. The SMILES string of the molecule is CNC(=O)[C@@]1(C)CN(C(=O)C2CCN(C(C)=O)CC2)CCO1. The van der Waals surface area contributed by atoms with Crippen LogP contribution in [0.1, 0.15) is 26.7 Å². The van der Waals surface area contributed by atoms with Crippen LogP contribution in [0.15, 0.2) is 0 Å². The smallest absolute Gasteiger partial charge is 0.253 e. The Kier molecular flexibility index (Phi) is 5.05. The van der Waals surface area contributed by atoms with Crippen LogP contribution in [0.4, 0.5) is 0 Å². The van der Waals surface area contributed by atoms with Crippen LogP contribution in [-0.2, 0) is 19.1 Å². The summed E-state index contributed by atoms with van der Waals surface area (Å²) < 4.78 is 5.58. The van der Waals surface area contributed by atoms with E-state index in [0.717, 1.165) is 0 Å². The molecule has 0 aromatic rings. The van der Waals surface area contributed by atoms with E-state index in [1.807, 2.05) is 0 Å². The van der Waals surface area contributed by atoms with Crippen LogP contribution in [-0.4, -0.2) is 73.0 Å². The fraction of sp³-hybridized carbons (Fsp3) is 0.800. The van der Waals surface area contributed by atoms with Crippen molar-refractivity contribution < 1.29 is 19.1 Å². The van der Waals surface area contributed by atoms with Gasteiger partial charge in [0.2, 0.25) is 11.8 Å². The number of morpholine rings is 1. The first-order valence-electron chi connectivity index (χ1n) is 7.78. The molecule has 2 rings (SSSR count). The lowest BCUT2D eigenvalue weighted by molar-refractivity contribution is -0.165. The van der Waals surface area contributed by atoms with E-state index >= 15 is 0 Å². The molecule has 0 saturated carbocycles. The van der Waals surface area contributed by atoms with Crippen LogP contribution in [0.25, 0.3) is 0 Å². The zero-order valence-electron chi connectivity index (χ0n) is 13.6. The van der Waals surface area contributed by atoms with Gasteiger partial charge in [-0.25, -0.2) is 0 Å². The zero-order chi connectivity index (χ0) is 16.3. The van der Waals surface area contributed by atoms with Crippen molar-refractivity contribution in [3.8, 4) is 0 Å². The van der Waals surface area contributed by atoms with Gasteiger partial charge < -0.3 is 19.9 Å². The Morgan fingerprint density at radius 3 is 2.32 bits per heavy atom. The predicted molar refractivity (Wildman–Crippen MR) is 80.0 cm³/mol. The second-order valence-corrected chi connectivity index (χ2v) is 6.20. The molecule has 3 amide bonds. The molecule has 0 radical (unpaired) electrons. The highest BCUT2D eigenvalue weighted by Crippen LogP contribution is 2.24. The van der Waals surface area contributed by atoms with Crippen LogP contribution >= 0.6 is 0 Å². The molecule has 1 atom stereocenters. The maximum Gasteiger partial charge on any atom is 0.253 e. The first-order valence-corrected chi connectivity index (χ1v) is 7.78. The van der Waals surface area contributed by atoms with Gasteiger partial charge in [0.05, 0.1) is 13.2 Å². The van der Waals surface area contributed by atoms with Crippen molar-refractivity contribution in [1.29, 1.82) is 0 Å². The van der Waals surface area contributed by atoms with Crippen LogP contribution in [0, 0.1) is 5.92 Å². The van der Waals surface area contributed by atoms with Gasteiger partial charge in [0.15, 0.2) is 5.60 Å². The monoisotopic (exact) mass is 311 g/mol. The summed E-state index contributed by atoms with van der Waals surface area (Å²) in [5.41, 5.74) is -0.983. The van der Waals surface area contributed by atoms with Crippen molar-refractivity contribution in [1.82, 2.24) is 15.1 Å². The fourth-order valence-corrected chi connectivity index (χ4v) is 3.16. The molecule has 22 heavy (non-hydrogen) atoms. The number of nitrogens with one attached hydrogen (secondary N) is 1. The van der Waals surface area contributed by atoms with Crippen molar-refractivity contribution in [2.24, 2.45) is 5.92 Å². The average molecular weight is 311 g/mol. The van der Waals surface area contributed by atoms with E-state index in [1.54, 1.807) is 30.7 Å². The van der Waals surface area contributed by atoms with Gasteiger partial charge in [-0.2, -0.15) is 0 Å². The number of rotatable bonds is 2. The molecule has 7 nitrogen and oxygen atoms in total. The fourth-order valence-electron chi connectivity index (χ4n) is 3.16. The Balaban J connectivity index is 1.95. The van der Waals surface area contributed by atoms with Crippen molar-refractivity contribution in [3.63, 3.8) is 0 Å². The molecule has 2 aliphatic rings. The van der Waals surface area contributed by atoms with Crippen LogP contribution in [0.2, 0.25) is 0 Å². The minimum absolute atomic E-state index is 0.0597. The standard InChI is InChI=1S/C15H25N3O4/c1-11(19)17-6-4-12(5-7-17)13(20)18-8-9-22-15(2,10-18)14(21)16-3/h12H,4-10H2,1-3H3,(H,16,21)/t15-/m1/s1. The summed E-state index contributed by atoms with van der Waals surface area (Å²) in [6.45, 7) is 5.67. The van der Waals surface area contributed by atoms with Crippen LogP contribution in [0.3, 0.4) is 0 Å². The largest absolute Gasteiger partial charge is 0.362 e. The first kappa shape index (κ1) is 16.7. The molecule has 0 unspecified atom stereocenters. The van der Waals surface area contributed by atoms with Gasteiger partial charge in [0.1, 0.15) is 0 Å². The quantitative estimate of drug-likeness (QED) is 0.753. The van der Waals surface area contributed by atoms with Gasteiger partial charge in [-0.05, 0) is 19.8 Å². The third kappa shape index (κ3) is 3.40. The van der Waals surface area contributed by atoms with E-state index in [1.165, 1.54) is 0 Å². The second kappa shape index (κ2) is 6.64. The predicted octanol–water partition coefficient (Wildman–Crippen LogP) is -0.392.